The fourth-order valence-corrected chi connectivity index (χ4v) is 3.82. The molecule has 0 saturated carbocycles. The van der Waals surface area contributed by atoms with Crippen LogP contribution < -0.4 is 15.4 Å². The third kappa shape index (κ3) is 3.69. The highest BCUT2D eigenvalue weighted by molar-refractivity contribution is 7.89. The van der Waals surface area contributed by atoms with Gasteiger partial charge in [-0.25, -0.2) is 13.1 Å². The van der Waals surface area contributed by atoms with Crippen LogP contribution in [0.3, 0.4) is 0 Å². The fourth-order valence-electron chi connectivity index (χ4n) is 2.35. The average molecular weight is 247 g/mol. The first-order chi connectivity index (χ1) is 7.66. The van der Waals surface area contributed by atoms with Gasteiger partial charge in [0.2, 0.25) is 10.0 Å². The van der Waals surface area contributed by atoms with Crippen molar-refractivity contribution in [2.45, 2.75) is 25.3 Å². The van der Waals surface area contributed by atoms with E-state index in [0.29, 0.717) is 5.92 Å². The maximum Gasteiger partial charge on any atom is 0.211 e. The minimum Gasteiger partial charge on any atom is -0.316 e. The van der Waals surface area contributed by atoms with Crippen LogP contribution in [0.1, 0.15) is 19.3 Å². The lowest BCUT2D eigenvalue weighted by molar-refractivity contribution is 0.529. The molecule has 3 N–H and O–H groups in total. The molecular formula is C10H21N3O2S. The van der Waals surface area contributed by atoms with Crippen molar-refractivity contribution in [1.82, 2.24) is 15.4 Å². The Hall–Kier alpha value is -0.170. The molecule has 2 rings (SSSR count). The Morgan fingerprint density at radius 2 is 1.88 bits per heavy atom. The summed E-state index contributed by atoms with van der Waals surface area (Å²) in [5.74, 6) is 0.814. The summed E-state index contributed by atoms with van der Waals surface area (Å²) >= 11 is 0. The highest BCUT2D eigenvalue weighted by atomic mass is 32.2. The second kappa shape index (κ2) is 5.44. The van der Waals surface area contributed by atoms with E-state index in [2.05, 4.69) is 15.4 Å². The highest BCUT2D eigenvalue weighted by Gasteiger charge is 2.23. The molecule has 16 heavy (non-hydrogen) atoms. The van der Waals surface area contributed by atoms with Crippen molar-refractivity contribution in [3.63, 3.8) is 0 Å². The molecule has 2 saturated heterocycles. The summed E-state index contributed by atoms with van der Waals surface area (Å²) in [6.07, 6.45) is 2.80. The Balaban J connectivity index is 1.73. The van der Waals surface area contributed by atoms with Gasteiger partial charge in [-0.2, -0.15) is 0 Å². The summed E-state index contributed by atoms with van der Waals surface area (Å²) in [6, 6.07) is 0.103. The normalized spacial score (nSPS) is 31.0. The molecule has 0 aliphatic carbocycles. The number of sulfonamides is 1. The Morgan fingerprint density at radius 3 is 2.50 bits per heavy atom. The van der Waals surface area contributed by atoms with Gasteiger partial charge in [-0.1, -0.05) is 0 Å². The topological polar surface area (TPSA) is 70.2 Å². The van der Waals surface area contributed by atoms with Gasteiger partial charge in [-0.15, -0.1) is 0 Å². The van der Waals surface area contributed by atoms with E-state index in [1.807, 2.05) is 0 Å². The Morgan fingerprint density at radius 1 is 1.12 bits per heavy atom. The third-order valence-electron chi connectivity index (χ3n) is 3.36. The average Bonchev–Trinajstić information content (AvgIpc) is 2.85. The first-order valence-corrected chi connectivity index (χ1v) is 7.72. The molecule has 2 aliphatic heterocycles. The van der Waals surface area contributed by atoms with Crippen LogP contribution in [-0.4, -0.2) is 46.4 Å². The largest absolute Gasteiger partial charge is 0.316 e. The first kappa shape index (κ1) is 12.3. The van der Waals surface area contributed by atoms with Gasteiger partial charge < -0.3 is 10.6 Å². The maximum atomic E-state index is 11.8. The molecule has 2 heterocycles. The summed E-state index contributed by atoms with van der Waals surface area (Å²) in [6.45, 7) is 3.69. The molecule has 0 radical (unpaired) electrons. The predicted molar refractivity (Wildman–Crippen MR) is 63.8 cm³/mol. The minimum absolute atomic E-state index is 0.103. The van der Waals surface area contributed by atoms with Crippen LogP contribution >= 0.6 is 0 Å². The molecule has 0 aromatic heterocycles. The molecule has 0 aromatic rings. The van der Waals surface area contributed by atoms with Gasteiger partial charge in [0.15, 0.2) is 0 Å². The number of hydrogen-bond acceptors (Lipinski definition) is 4. The quantitative estimate of drug-likeness (QED) is 0.599. The van der Waals surface area contributed by atoms with Gasteiger partial charge in [0.1, 0.15) is 0 Å². The molecule has 6 heteroatoms. The van der Waals surface area contributed by atoms with Crippen molar-refractivity contribution >= 4 is 10.0 Å². The van der Waals surface area contributed by atoms with E-state index in [9.17, 15) is 8.42 Å². The molecule has 5 nitrogen and oxygen atoms in total. The predicted octanol–water partition coefficient (Wildman–Crippen LogP) is -0.733. The number of hydrogen-bond donors (Lipinski definition) is 3. The van der Waals surface area contributed by atoms with E-state index in [1.165, 1.54) is 0 Å². The fraction of sp³-hybridized carbons (Fsp3) is 1.00. The smallest absolute Gasteiger partial charge is 0.211 e. The van der Waals surface area contributed by atoms with E-state index in [-0.39, 0.29) is 11.8 Å². The number of rotatable bonds is 5. The molecule has 2 atom stereocenters. The van der Waals surface area contributed by atoms with E-state index < -0.39 is 10.0 Å². The summed E-state index contributed by atoms with van der Waals surface area (Å²) in [5, 5.41) is 6.41. The van der Waals surface area contributed by atoms with E-state index in [0.717, 1.165) is 45.4 Å². The van der Waals surface area contributed by atoms with Crippen molar-refractivity contribution in [1.29, 1.82) is 0 Å². The minimum atomic E-state index is -3.07. The van der Waals surface area contributed by atoms with Crippen molar-refractivity contribution in [3.8, 4) is 0 Å². The van der Waals surface area contributed by atoms with E-state index in [1.54, 1.807) is 0 Å². The van der Waals surface area contributed by atoms with Gasteiger partial charge in [-0.3, -0.25) is 0 Å². The third-order valence-corrected chi connectivity index (χ3v) is 4.83. The van der Waals surface area contributed by atoms with Crippen LogP contribution in [0, 0.1) is 5.92 Å². The second-order valence-corrected chi connectivity index (χ2v) is 6.65. The van der Waals surface area contributed by atoms with Crippen molar-refractivity contribution in [2.75, 3.05) is 31.9 Å². The molecule has 0 aromatic carbocycles. The van der Waals surface area contributed by atoms with Crippen LogP contribution in [0.5, 0.6) is 0 Å². The summed E-state index contributed by atoms with van der Waals surface area (Å²) < 4.78 is 26.3. The molecule has 2 fully saturated rings. The molecular weight excluding hydrogens is 226 g/mol. The van der Waals surface area contributed by atoms with Crippen molar-refractivity contribution < 1.29 is 8.42 Å². The van der Waals surface area contributed by atoms with Crippen LogP contribution in [-0.2, 0) is 10.0 Å². The lowest BCUT2D eigenvalue weighted by Gasteiger charge is -2.13. The lowest BCUT2D eigenvalue weighted by atomic mass is 10.1. The Bertz CT molecular complexity index is 306. The SMILES string of the molecule is O=S(=O)(CCC1CCNC1)NC1CCNC1. The summed E-state index contributed by atoms with van der Waals surface area (Å²) in [7, 11) is -3.07. The van der Waals surface area contributed by atoms with Gasteiger partial charge in [-0.05, 0) is 44.8 Å². The van der Waals surface area contributed by atoms with E-state index >= 15 is 0 Å². The molecule has 2 unspecified atom stereocenters. The summed E-state index contributed by atoms with van der Waals surface area (Å²) in [4.78, 5) is 0. The van der Waals surface area contributed by atoms with Gasteiger partial charge in [0.05, 0.1) is 5.75 Å². The van der Waals surface area contributed by atoms with E-state index in [4.69, 9.17) is 0 Å². The highest BCUT2D eigenvalue weighted by Crippen LogP contribution is 2.13. The molecule has 2 aliphatic rings. The zero-order valence-corrected chi connectivity index (χ0v) is 10.4. The standard InChI is InChI=1S/C10H21N3O2S/c14-16(15,13-10-2-5-12-8-10)6-3-9-1-4-11-7-9/h9-13H,1-8H2. The zero-order chi connectivity index (χ0) is 11.4. The molecule has 0 amide bonds. The second-order valence-electron chi connectivity index (χ2n) is 4.77. The Labute approximate surface area is 97.4 Å². The van der Waals surface area contributed by atoms with Crippen LogP contribution in [0.2, 0.25) is 0 Å². The van der Waals surface area contributed by atoms with Crippen LogP contribution in [0.15, 0.2) is 0 Å². The summed E-state index contributed by atoms with van der Waals surface area (Å²) in [5.41, 5.74) is 0. The van der Waals surface area contributed by atoms with Gasteiger partial charge >= 0.3 is 0 Å². The zero-order valence-electron chi connectivity index (χ0n) is 9.54. The number of nitrogens with one attached hydrogen (secondary N) is 3. The van der Waals surface area contributed by atoms with Gasteiger partial charge in [0.25, 0.3) is 0 Å². The molecule has 0 bridgehead atoms. The maximum absolute atomic E-state index is 11.8. The monoisotopic (exact) mass is 247 g/mol. The Kier molecular flexibility index (Phi) is 4.18. The molecule has 0 spiro atoms. The first-order valence-electron chi connectivity index (χ1n) is 6.07. The van der Waals surface area contributed by atoms with Crippen molar-refractivity contribution in [3.05, 3.63) is 0 Å². The van der Waals surface area contributed by atoms with Crippen molar-refractivity contribution in [2.24, 2.45) is 5.92 Å². The lowest BCUT2D eigenvalue weighted by Crippen LogP contribution is -2.38. The van der Waals surface area contributed by atoms with Gasteiger partial charge in [0, 0.05) is 12.6 Å². The molecule has 94 valence electrons. The van der Waals surface area contributed by atoms with Crippen LogP contribution in [0.4, 0.5) is 0 Å². The van der Waals surface area contributed by atoms with Crippen LogP contribution in [0.25, 0.3) is 0 Å².